The van der Waals surface area contributed by atoms with Crippen LogP contribution in [0.1, 0.15) is 0 Å². The molecule has 0 aliphatic rings. The summed E-state index contributed by atoms with van der Waals surface area (Å²) in [6.07, 6.45) is 1.79. The third-order valence-electron chi connectivity index (χ3n) is 9.08. The summed E-state index contributed by atoms with van der Waals surface area (Å²) < 4.78 is 8.55. The largest absolute Gasteiger partial charge is 0.454 e. The highest BCUT2D eigenvalue weighted by molar-refractivity contribution is 6.11. The predicted molar refractivity (Wildman–Crippen MR) is 193 cm³/mol. The van der Waals surface area contributed by atoms with Crippen LogP contribution in [-0.2, 0) is 0 Å². The zero-order valence-corrected chi connectivity index (χ0v) is 25.6. The first kappa shape index (κ1) is 26.5. The Balaban J connectivity index is 1.28. The molecule has 0 aliphatic carbocycles. The Bertz CT molecular complexity index is 2800. The van der Waals surface area contributed by atoms with Crippen LogP contribution in [0.25, 0.3) is 94.5 Å². The van der Waals surface area contributed by atoms with Gasteiger partial charge in [0.15, 0.2) is 23.1 Å². The normalized spacial score (nSPS) is 11.8. The van der Waals surface area contributed by atoms with Gasteiger partial charge >= 0.3 is 0 Å². The van der Waals surface area contributed by atoms with Gasteiger partial charge < -0.3 is 8.98 Å². The van der Waals surface area contributed by atoms with Crippen LogP contribution >= 0.6 is 0 Å². The van der Waals surface area contributed by atoms with Crippen LogP contribution in [0.15, 0.2) is 156 Å². The maximum absolute atomic E-state index is 6.18. The molecule has 4 heterocycles. The lowest BCUT2D eigenvalue weighted by atomic mass is 10.0. The smallest absolute Gasteiger partial charge is 0.164 e. The lowest BCUT2D eigenvalue weighted by molar-refractivity contribution is 0.668. The minimum absolute atomic E-state index is 0.560. The van der Waals surface area contributed by atoms with Crippen molar-refractivity contribution in [2.75, 3.05) is 0 Å². The van der Waals surface area contributed by atoms with Crippen LogP contribution in [0.2, 0.25) is 0 Å². The van der Waals surface area contributed by atoms with E-state index in [-0.39, 0.29) is 0 Å². The number of hydrogen-bond donors (Lipinski definition) is 0. The molecular weight excluding hydrogens is 590 g/mol. The summed E-state index contributed by atoms with van der Waals surface area (Å²) in [5.41, 5.74) is 8.26. The van der Waals surface area contributed by atoms with E-state index in [0.29, 0.717) is 17.5 Å². The molecule has 224 valence electrons. The lowest BCUT2D eigenvalue weighted by Gasteiger charge is -2.15. The van der Waals surface area contributed by atoms with Crippen molar-refractivity contribution in [3.8, 4) is 39.9 Å². The molecule has 0 fully saturated rings. The second kappa shape index (κ2) is 10.4. The van der Waals surface area contributed by atoms with Gasteiger partial charge in [0.1, 0.15) is 11.1 Å². The molecule has 6 nitrogen and oxygen atoms in total. The minimum Gasteiger partial charge on any atom is -0.454 e. The number of hydrogen-bond acceptors (Lipinski definition) is 5. The highest BCUT2D eigenvalue weighted by Crippen LogP contribution is 2.38. The fourth-order valence-corrected chi connectivity index (χ4v) is 6.95. The van der Waals surface area contributed by atoms with Gasteiger partial charge in [-0.25, -0.2) is 15.0 Å². The third-order valence-corrected chi connectivity index (χ3v) is 9.08. The van der Waals surface area contributed by atoms with E-state index >= 15 is 0 Å². The molecule has 0 radical (unpaired) electrons. The van der Waals surface area contributed by atoms with Crippen molar-refractivity contribution in [2.24, 2.45) is 0 Å². The van der Waals surface area contributed by atoms with Crippen LogP contribution in [0.3, 0.4) is 0 Å². The molecule has 0 amide bonds. The summed E-state index contributed by atoms with van der Waals surface area (Å²) in [4.78, 5) is 20.0. The van der Waals surface area contributed by atoms with Gasteiger partial charge in [0.25, 0.3) is 0 Å². The van der Waals surface area contributed by atoms with Crippen LogP contribution < -0.4 is 0 Å². The standard InChI is InChI=1S/C42H25N5O/c1-2-12-26(13-3-1)40-44-41(46-42(45-40)32-18-10-21-36-38(32)39-37(48-36)22-11-23-43-39)28-24-27-14-4-5-15-29(27)35(25-28)47-33-19-8-6-16-30(33)31-17-7-9-20-34(31)47/h1-25H. The Hall–Kier alpha value is -6.66. The average Bonchev–Trinajstić information content (AvgIpc) is 3.71. The van der Waals surface area contributed by atoms with Gasteiger partial charge in [0.2, 0.25) is 0 Å². The first-order chi connectivity index (χ1) is 23.8. The zero-order chi connectivity index (χ0) is 31.6. The van der Waals surface area contributed by atoms with Crippen LogP contribution in [0.4, 0.5) is 0 Å². The molecule has 0 saturated heterocycles. The summed E-state index contributed by atoms with van der Waals surface area (Å²) in [6.45, 7) is 0. The van der Waals surface area contributed by atoms with E-state index in [2.05, 4.69) is 94.5 Å². The number of nitrogens with zero attached hydrogens (tertiary/aromatic N) is 5. The topological polar surface area (TPSA) is 69.6 Å². The van der Waals surface area contributed by atoms with Gasteiger partial charge in [0.05, 0.1) is 22.1 Å². The van der Waals surface area contributed by atoms with Crippen molar-refractivity contribution in [1.29, 1.82) is 0 Å². The average molecular weight is 616 g/mol. The first-order valence-electron chi connectivity index (χ1n) is 15.9. The number of pyridine rings is 1. The van der Waals surface area contributed by atoms with Crippen molar-refractivity contribution in [2.45, 2.75) is 0 Å². The minimum atomic E-state index is 0.560. The predicted octanol–water partition coefficient (Wildman–Crippen LogP) is 10.4. The Morgan fingerprint density at radius 1 is 0.479 bits per heavy atom. The zero-order valence-electron chi connectivity index (χ0n) is 25.6. The fourth-order valence-electron chi connectivity index (χ4n) is 6.95. The number of rotatable bonds is 4. The van der Waals surface area contributed by atoms with E-state index in [1.807, 2.05) is 60.7 Å². The highest BCUT2D eigenvalue weighted by Gasteiger charge is 2.20. The van der Waals surface area contributed by atoms with Crippen LogP contribution in [0, 0.1) is 0 Å². The molecule has 0 atom stereocenters. The summed E-state index contributed by atoms with van der Waals surface area (Å²) >= 11 is 0. The molecule has 6 aromatic carbocycles. The molecule has 0 spiro atoms. The van der Waals surface area contributed by atoms with Crippen LogP contribution in [-0.4, -0.2) is 24.5 Å². The molecule has 0 saturated carbocycles. The number of aromatic nitrogens is 5. The number of fused-ring (bicyclic) bond motifs is 7. The number of benzene rings is 6. The molecule has 0 bridgehead atoms. The molecule has 48 heavy (non-hydrogen) atoms. The van der Waals surface area contributed by atoms with E-state index in [9.17, 15) is 0 Å². The Labute approximate surface area is 274 Å². The van der Waals surface area contributed by atoms with Crippen molar-refractivity contribution in [1.82, 2.24) is 24.5 Å². The van der Waals surface area contributed by atoms with Gasteiger partial charge in [-0.1, -0.05) is 103 Å². The summed E-state index contributed by atoms with van der Waals surface area (Å²) in [5.74, 6) is 1.74. The lowest BCUT2D eigenvalue weighted by Crippen LogP contribution is -2.02. The number of furan rings is 1. The second-order valence-electron chi connectivity index (χ2n) is 11.9. The monoisotopic (exact) mass is 615 g/mol. The van der Waals surface area contributed by atoms with E-state index in [1.165, 1.54) is 10.8 Å². The highest BCUT2D eigenvalue weighted by atomic mass is 16.3. The Kier molecular flexibility index (Phi) is 5.77. The van der Waals surface area contributed by atoms with Crippen molar-refractivity contribution in [3.63, 3.8) is 0 Å². The quantitative estimate of drug-likeness (QED) is 0.197. The molecule has 10 aromatic rings. The molecule has 6 heteroatoms. The second-order valence-corrected chi connectivity index (χ2v) is 11.9. The fraction of sp³-hybridized carbons (Fsp3) is 0. The summed E-state index contributed by atoms with van der Waals surface area (Å²) in [5, 5.41) is 5.55. The van der Waals surface area contributed by atoms with Gasteiger partial charge in [0, 0.05) is 39.0 Å². The molecule has 10 rings (SSSR count). The molecule has 0 unspecified atom stereocenters. The SMILES string of the molecule is c1ccc(-c2nc(-c3cc(-n4c5ccccc5c5ccccc54)c4ccccc4c3)nc(-c3cccc4oc5cccnc5c34)n2)cc1. The molecular formula is C42H25N5O. The van der Waals surface area contributed by atoms with Crippen molar-refractivity contribution >= 4 is 54.6 Å². The summed E-state index contributed by atoms with van der Waals surface area (Å²) in [7, 11) is 0. The molecule has 0 N–H and O–H groups in total. The van der Waals surface area contributed by atoms with E-state index in [1.54, 1.807) is 6.20 Å². The van der Waals surface area contributed by atoms with Gasteiger partial charge in [-0.3, -0.25) is 4.98 Å². The van der Waals surface area contributed by atoms with E-state index in [0.717, 1.165) is 66.3 Å². The van der Waals surface area contributed by atoms with Gasteiger partial charge in [-0.15, -0.1) is 0 Å². The number of para-hydroxylation sites is 2. The van der Waals surface area contributed by atoms with Crippen molar-refractivity contribution in [3.05, 3.63) is 152 Å². The Morgan fingerprint density at radius 2 is 1.12 bits per heavy atom. The first-order valence-corrected chi connectivity index (χ1v) is 15.9. The maximum Gasteiger partial charge on any atom is 0.164 e. The van der Waals surface area contributed by atoms with Crippen molar-refractivity contribution < 1.29 is 4.42 Å². The van der Waals surface area contributed by atoms with Gasteiger partial charge in [-0.05, 0) is 47.9 Å². The summed E-state index contributed by atoms with van der Waals surface area (Å²) in [6, 6.07) is 49.9. The molecule has 0 aliphatic heterocycles. The molecule has 4 aromatic heterocycles. The Morgan fingerprint density at radius 3 is 1.92 bits per heavy atom. The van der Waals surface area contributed by atoms with Crippen LogP contribution in [0.5, 0.6) is 0 Å². The van der Waals surface area contributed by atoms with E-state index < -0.39 is 0 Å². The third kappa shape index (κ3) is 4.06. The maximum atomic E-state index is 6.18. The van der Waals surface area contributed by atoms with Gasteiger partial charge in [-0.2, -0.15) is 0 Å². The van der Waals surface area contributed by atoms with E-state index in [4.69, 9.17) is 19.4 Å².